The van der Waals surface area contributed by atoms with Crippen LogP contribution in [-0.2, 0) is 13.2 Å². The maximum atomic E-state index is 13.0. The zero-order valence-corrected chi connectivity index (χ0v) is 10.6. The average Bonchev–Trinajstić information content (AvgIpc) is 2.41. The summed E-state index contributed by atoms with van der Waals surface area (Å²) in [4.78, 5) is 0. The van der Waals surface area contributed by atoms with Crippen LogP contribution in [0.1, 0.15) is 11.1 Å². The topological polar surface area (TPSA) is 29.5 Å². The largest absolute Gasteiger partial charge is 0.489 e. The van der Waals surface area contributed by atoms with Gasteiger partial charge in [-0.05, 0) is 35.9 Å². The number of rotatable bonds is 4. The van der Waals surface area contributed by atoms with Crippen molar-refractivity contribution >= 4 is 11.6 Å². The molecule has 2 aromatic carbocycles. The van der Waals surface area contributed by atoms with Crippen molar-refractivity contribution in [1.82, 2.24) is 0 Å². The van der Waals surface area contributed by atoms with Crippen molar-refractivity contribution in [3.05, 3.63) is 64.2 Å². The van der Waals surface area contributed by atoms with Gasteiger partial charge in [0.15, 0.2) is 11.6 Å². The first-order chi connectivity index (χ1) is 9.10. The summed E-state index contributed by atoms with van der Waals surface area (Å²) >= 11 is 5.79. The summed E-state index contributed by atoms with van der Waals surface area (Å²) in [6, 6.07) is 8.39. The van der Waals surface area contributed by atoms with Crippen LogP contribution in [0.15, 0.2) is 36.4 Å². The van der Waals surface area contributed by atoms with Crippen molar-refractivity contribution in [1.29, 1.82) is 0 Å². The summed E-state index contributed by atoms with van der Waals surface area (Å²) in [7, 11) is 0. The summed E-state index contributed by atoms with van der Waals surface area (Å²) in [5.41, 5.74) is 1.04. The van der Waals surface area contributed by atoms with Gasteiger partial charge < -0.3 is 9.84 Å². The van der Waals surface area contributed by atoms with Gasteiger partial charge in [-0.15, -0.1) is 0 Å². The number of halogens is 3. The van der Waals surface area contributed by atoms with E-state index < -0.39 is 11.6 Å². The molecule has 0 saturated carbocycles. The Morgan fingerprint density at radius 3 is 2.53 bits per heavy atom. The number of ether oxygens (including phenoxy) is 1. The van der Waals surface area contributed by atoms with E-state index in [0.717, 1.165) is 12.1 Å². The standard InChI is InChI=1S/C14H11ClF2O2/c15-11-2-4-14(10(6-11)7-18)19-8-9-1-3-12(16)13(17)5-9/h1-6,18H,7-8H2. The predicted molar refractivity (Wildman–Crippen MR) is 68.1 cm³/mol. The SMILES string of the molecule is OCc1cc(Cl)ccc1OCc1ccc(F)c(F)c1. The van der Waals surface area contributed by atoms with E-state index in [2.05, 4.69) is 0 Å². The second-order valence-electron chi connectivity index (χ2n) is 3.95. The molecule has 0 amide bonds. The van der Waals surface area contributed by atoms with Crippen molar-refractivity contribution in [3.8, 4) is 5.75 Å². The summed E-state index contributed by atoms with van der Waals surface area (Å²) in [5, 5.41) is 9.66. The molecule has 1 N–H and O–H groups in total. The molecule has 0 spiro atoms. The Hall–Kier alpha value is -1.65. The first kappa shape index (κ1) is 13.8. The lowest BCUT2D eigenvalue weighted by molar-refractivity contribution is 0.259. The molecule has 0 heterocycles. The highest BCUT2D eigenvalue weighted by atomic mass is 35.5. The average molecular weight is 285 g/mol. The van der Waals surface area contributed by atoms with Crippen LogP contribution in [0.25, 0.3) is 0 Å². The fourth-order valence-electron chi connectivity index (χ4n) is 1.60. The van der Waals surface area contributed by atoms with Crippen molar-refractivity contribution in [3.63, 3.8) is 0 Å². The molecule has 0 bridgehead atoms. The van der Waals surface area contributed by atoms with Crippen molar-refractivity contribution in [2.45, 2.75) is 13.2 Å². The fourth-order valence-corrected chi connectivity index (χ4v) is 1.80. The van der Waals surface area contributed by atoms with E-state index >= 15 is 0 Å². The van der Waals surface area contributed by atoms with Crippen LogP contribution in [0.2, 0.25) is 5.02 Å². The molecular weight excluding hydrogens is 274 g/mol. The second-order valence-corrected chi connectivity index (χ2v) is 4.38. The molecule has 2 nitrogen and oxygen atoms in total. The molecule has 2 rings (SSSR count). The Labute approximate surface area is 114 Å². The van der Waals surface area contributed by atoms with Crippen LogP contribution in [0.4, 0.5) is 8.78 Å². The lowest BCUT2D eigenvalue weighted by atomic mass is 10.2. The van der Waals surface area contributed by atoms with Crippen LogP contribution >= 0.6 is 11.6 Å². The van der Waals surface area contributed by atoms with Gasteiger partial charge in [0.2, 0.25) is 0 Å². The summed E-state index contributed by atoms with van der Waals surface area (Å²) in [6.45, 7) is -0.139. The van der Waals surface area contributed by atoms with E-state index in [0.29, 0.717) is 21.9 Å². The van der Waals surface area contributed by atoms with Gasteiger partial charge in [0.05, 0.1) is 6.61 Å². The third-order valence-electron chi connectivity index (χ3n) is 2.57. The number of hydrogen-bond donors (Lipinski definition) is 1. The van der Waals surface area contributed by atoms with Crippen LogP contribution in [0.3, 0.4) is 0 Å². The molecule has 0 aliphatic carbocycles. The van der Waals surface area contributed by atoms with Crippen molar-refractivity contribution < 1.29 is 18.6 Å². The molecule has 0 aliphatic rings. The first-order valence-electron chi connectivity index (χ1n) is 5.56. The van der Waals surface area contributed by atoms with E-state index in [1.54, 1.807) is 18.2 Å². The lowest BCUT2D eigenvalue weighted by Gasteiger charge is -2.10. The normalized spacial score (nSPS) is 10.5. The maximum absolute atomic E-state index is 13.0. The first-order valence-corrected chi connectivity index (χ1v) is 5.94. The zero-order chi connectivity index (χ0) is 13.8. The van der Waals surface area contributed by atoms with Crippen molar-refractivity contribution in [2.24, 2.45) is 0 Å². The highest BCUT2D eigenvalue weighted by Gasteiger charge is 2.06. The molecule has 0 aliphatic heterocycles. The molecule has 0 saturated heterocycles. The van der Waals surface area contributed by atoms with E-state index in [-0.39, 0.29) is 13.2 Å². The van der Waals surface area contributed by atoms with Crippen molar-refractivity contribution in [2.75, 3.05) is 0 Å². The van der Waals surface area contributed by atoms with Gasteiger partial charge in [-0.3, -0.25) is 0 Å². The Balaban J connectivity index is 2.12. The molecule has 0 unspecified atom stereocenters. The van der Waals surface area contributed by atoms with Gasteiger partial charge in [-0.2, -0.15) is 0 Å². The highest BCUT2D eigenvalue weighted by Crippen LogP contribution is 2.24. The number of aliphatic hydroxyl groups is 1. The molecule has 0 aromatic heterocycles. The van der Waals surface area contributed by atoms with Gasteiger partial charge >= 0.3 is 0 Å². The summed E-state index contributed by atoms with van der Waals surface area (Å²) in [6.07, 6.45) is 0. The van der Waals surface area contributed by atoms with E-state index in [9.17, 15) is 13.9 Å². The zero-order valence-electron chi connectivity index (χ0n) is 9.87. The Morgan fingerprint density at radius 1 is 1.05 bits per heavy atom. The van der Waals surface area contributed by atoms with E-state index in [1.165, 1.54) is 6.07 Å². The minimum atomic E-state index is -0.917. The predicted octanol–water partition coefficient (Wildman–Crippen LogP) is 3.69. The molecule has 2 aromatic rings. The van der Waals surface area contributed by atoms with Gasteiger partial charge in [-0.25, -0.2) is 8.78 Å². The van der Waals surface area contributed by atoms with E-state index in [4.69, 9.17) is 16.3 Å². The Kier molecular flexibility index (Phi) is 4.35. The molecule has 0 atom stereocenters. The van der Waals surface area contributed by atoms with Crippen LogP contribution < -0.4 is 4.74 Å². The molecular formula is C14H11ClF2O2. The molecule has 0 radical (unpaired) electrons. The minimum absolute atomic E-state index is 0.0752. The lowest BCUT2D eigenvalue weighted by Crippen LogP contribution is -2.00. The Morgan fingerprint density at radius 2 is 1.84 bits per heavy atom. The fraction of sp³-hybridized carbons (Fsp3) is 0.143. The van der Waals surface area contributed by atoms with E-state index in [1.807, 2.05) is 0 Å². The maximum Gasteiger partial charge on any atom is 0.159 e. The summed E-state index contributed by atoms with van der Waals surface area (Å²) in [5.74, 6) is -1.36. The molecule has 5 heteroatoms. The molecule has 100 valence electrons. The van der Waals surface area contributed by atoms with Crippen LogP contribution in [0, 0.1) is 11.6 Å². The highest BCUT2D eigenvalue weighted by molar-refractivity contribution is 6.30. The second kappa shape index (κ2) is 5.99. The van der Waals surface area contributed by atoms with Crippen LogP contribution in [0.5, 0.6) is 5.75 Å². The third-order valence-corrected chi connectivity index (χ3v) is 2.81. The third kappa shape index (κ3) is 3.43. The van der Waals surface area contributed by atoms with Gasteiger partial charge in [-0.1, -0.05) is 17.7 Å². The van der Waals surface area contributed by atoms with Gasteiger partial charge in [0.1, 0.15) is 12.4 Å². The minimum Gasteiger partial charge on any atom is -0.489 e. The molecule has 19 heavy (non-hydrogen) atoms. The van der Waals surface area contributed by atoms with Gasteiger partial charge in [0, 0.05) is 10.6 Å². The summed E-state index contributed by atoms with van der Waals surface area (Å²) < 4.78 is 31.2. The molecule has 0 fully saturated rings. The number of hydrogen-bond acceptors (Lipinski definition) is 2. The monoisotopic (exact) mass is 284 g/mol. The smallest absolute Gasteiger partial charge is 0.159 e. The van der Waals surface area contributed by atoms with Gasteiger partial charge in [0.25, 0.3) is 0 Å². The van der Waals surface area contributed by atoms with Crippen LogP contribution in [-0.4, -0.2) is 5.11 Å². The number of aliphatic hydroxyl groups excluding tert-OH is 1. The Bertz CT molecular complexity index is 588. The quantitative estimate of drug-likeness (QED) is 0.928. The number of benzene rings is 2.